The first kappa shape index (κ1) is 27.2. The molecular weight excluding hydrogens is 444 g/mol. The largest absolute Gasteiger partial charge is 0.322 e. The van der Waals surface area contributed by atoms with Crippen LogP contribution in [0.4, 0.5) is 10.5 Å². The number of benzene rings is 3. The highest BCUT2D eigenvalue weighted by atomic mass is 16.2. The summed E-state index contributed by atoms with van der Waals surface area (Å²) in [7, 11) is 4.04. The second kappa shape index (κ2) is 14.2. The molecule has 0 heterocycles. The summed E-state index contributed by atoms with van der Waals surface area (Å²) >= 11 is 0. The Morgan fingerprint density at radius 3 is 2.00 bits per heavy atom. The van der Waals surface area contributed by atoms with Crippen molar-refractivity contribution < 1.29 is 4.79 Å². The molecule has 0 atom stereocenters. The summed E-state index contributed by atoms with van der Waals surface area (Å²) in [5.41, 5.74) is 5.50. The van der Waals surface area contributed by atoms with Crippen molar-refractivity contribution in [3.8, 4) is 0 Å². The zero-order chi connectivity index (χ0) is 25.8. The number of urea groups is 1. The summed E-state index contributed by atoms with van der Waals surface area (Å²) in [6.45, 7) is 10.1. The Kier molecular flexibility index (Phi) is 10.7. The molecule has 190 valence electrons. The molecule has 36 heavy (non-hydrogen) atoms. The number of hydrogen-bond acceptors (Lipinski definition) is 3. The maximum atomic E-state index is 13.4. The number of carbonyl (C=O) groups is 1. The fourth-order valence-electron chi connectivity index (χ4n) is 4.36. The van der Waals surface area contributed by atoms with Crippen molar-refractivity contribution in [3.05, 3.63) is 114 Å². The minimum atomic E-state index is -0.0993. The number of hydrogen-bond donors (Lipinski definition) is 2. The van der Waals surface area contributed by atoms with Gasteiger partial charge in [0.1, 0.15) is 0 Å². The molecule has 0 aliphatic heterocycles. The van der Waals surface area contributed by atoms with Crippen molar-refractivity contribution in [1.82, 2.24) is 15.1 Å². The van der Waals surface area contributed by atoms with Gasteiger partial charge in [-0.2, -0.15) is 0 Å². The van der Waals surface area contributed by atoms with Crippen LogP contribution in [0.2, 0.25) is 0 Å². The van der Waals surface area contributed by atoms with Gasteiger partial charge in [-0.3, -0.25) is 0 Å². The third kappa shape index (κ3) is 8.67. The van der Waals surface area contributed by atoms with Crippen LogP contribution in [0.1, 0.15) is 29.0 Å². The van der Waals surface area contributed by atoms with Crippen molar-refractivity contribution in [2.24, 2.45) is 0 Å². The average Bonchev–Trinajstić information content (AvgIpc) is 2.89. The van der Waals surface area contributed by atoms with Crippen LogP contribution in [0.3, 0.4) is 0 Å². The molecule has 0 fully saturated rings. The van der Waals surface area contributed by atoms with E-state index in [1.807, 2.05) is 55.3 Å². The highest BCUT2D eigenvalue weighted by Gasteiger charge is 2.20. The average molecular weight is 485 g/mol. The van der Waals surface area contributed by atoms with Crippen molar-refractivity contribution in [1.29, 1.82) is 0 Å². The highest BCUT2D eigenvalue weighted by molar-refractivity contribution is 5.89. The van der Waals surface area contributed by atoms with E-state index < -0.39 is 0 Å². The molecule has 0 aliphatic carbocycles. The SMILES string of the molecule is C=C(CN(C)CCNC)CN(CCC(c1ccccc1)c1ccccc1)C(=O)Nc1ccc(C)cc1. The van der Waals surface area contributed by atoms with E-state index in [2.05, 4.69) is 77.7 Å². The fraction of sp³-hybridized carbons (Fsp3) is 0.323. The Morgan fingerprint density at radius 1 is 0.861 bits per heavy atom. The number of nitrogens with zero attached hydrogens (tertiary/aromatic N) is 2. The Balaban J connectivity index is 1.76. The fourth-order valence-corrected chi connectivity index (χ4v) is 4.36. The summed E-state index contributed by atoms with van der Waals surface area (Å²) in [5.74, 6) is 0.202. The highest BCUT2D eigenvalue weighted by Crippen LogP contribution is 2.28. The molecule has 0 bridgehead atoms. The molecule has 2 N–H and O–H groups in total. The summed E-state index contributed by atoms with van der Waals surface area (Å²) < 4.78 is 0. The van der Waals surface area contributed by atoms with E-state index in [9.17, 15) is 4.79 Å². The van der Waals surface area contributed by atoms with E-state index in [1.54, 1.807) is 0 Å². The van der Waals surface area contributed by atoms with Crippen molar-refractivity contribution in [2.75, 3.05) is 52.1 Å². The number of amides is 2. The van der Waals surface area contributed by atoms with Crippen LogP contribution >= 0.6 is 0 Å². The Morgan fingerprint density at radius 2 is 1.44 bits per heavy atom. The van der Waals surface area contributed by atoms with Crippen LogP contribution in [0, 0.1) is 6.92 Å². The summed E-state index contributed by atoms with van der Waals surface area (Å²) in [6.07, 6.45) is 0.818. The molecule has 5 nitrogen and oxygen atoms in total. The standard InChI is InChI=1S/C31H40N4O/c1-25-15-17-29(18-16-25)33-31(36)35(24-26(2)23-34(4)22-20-32-3)21-19-30(27-11-7-5-8-12-27)28-13-9-6-10-14-28/h5-18,30,32H,2,19-24H2,1,3-4H3,(H,33,36). The first-order chi connectivity index (χ1) is 17.5. The van der Waals surface area contributed by atoms with Gasteiger partial charge < -0.3 is 20.4 Å². The predicted molar refractivity (Wildman–Crippen MR) is 152 cm³/mol. The predicted octanol–water partition coefficient (Wildman–Crippen LogP) is 5.76. The van der Waals surface area contributed by atoms with Crippen LogP contribution < -0.4 is 10.6 Å². The molecule has 0 aliphatic rings. The number of nitrogens with one attached hydrogen (secondary N) is 2. The molecule has 3 aromatic rings. The molecule has 0 unspecified atom stereocenters. The van der Waals surface area contributed by atoms with E-state index in [4.69, 9.17) is 0 Å². The van der Waals surface area contributed by atoms with E-state index in [0.29, 0.717) is 13.1 Å². The van der Waals surface area contributed by atoms with E-state index in [-0.39, 0.29) is 11.9 Å². The first-order valence-corrected chi connectivity index (χ1v) is 12.7. The van der Waals surface area contributed by atoms with Gasteiger partial charge in [0.2, 0.25) is 0 Å². The van der Waals surface area contributed by atoms with Crippen molar-refractivity contribution in [3.63, 3.8) is 0 Å². The molecule has 0 radical (unpaired) electrons. The van der Waals surface area contributed by atoms with Gasteiger partial charge in [-0.1, -0.05) is 84.9 Å². The third-order valence-electron chi connectivity index (χ3n) is 6.33. The maximum absolute atomic E-state index is 13.4. The van der Waals surface area contributed by atoms with Gasteiger partial charge in [0.05, 0.1) is 0 Å². The van der Waals surface area contributed by atoms with E-state index in [1.165, 1.54) is 11.1 Å². The van der Waals surface area contributed by atoms with Crippen LogP contribution in [-0.4, -0.2) is 62.7 Å². The Hall–Kier alpha value is -3.41. The lowest BCUT2D eigenvalue weighted by molar-refractivity contribution is 0.213. The van der Waals surface area contributed by atoms with Crippen LogP contribution in [0.15, 0.2) is 97.1 Å². The van der Waals surface area contributed by atoms with Gasteiger partial charge in [0, 0.05) is 44.3 Å². The molecule has 3 rings (SSSR count). The number of likely N-dealkylation sites (N-methyl/N-ethyl adjacent to an activating group) is 2. The second-order valence-corrected chi connectivity index (χ2v) is 9.47. The van der Waals surface area contributed by atoms with E-state index >= 15 is 0 Å². The van der Waals surface area contributed by atoms with E-state index in [0.717, 1.165) is 42.9 Å². The molecule has 0 saturated carbocycles. The van der Waals surface area contributed by atoms with Crippen LogP contribution in [0.5, 0.6) is 0 Å². The van der Waals surface area contributed by atoms with Gasteiger partial charge >= 0.3 is 6.03 Å². The smallest absolute Gasteiger partial charge is 0.320 e. The Bertz CT molecular complexity index is 1030. The second-order valence-electron chi connectivity index (χ2n) is 9.47. The minimum Gasteiger partial charge on any atom is -0.320 e. The molecule has 3 aromatic carbocycles. The van der Waals surface area contributed by atoms with Gasteiger partial charge in [-0.15, -0.1) is 0 Å². The maximum Gasteiger partial charge on any atom is 0.322 e. The van der Waals surface area contributed by atoms with Gasteiger partial charge in [-0.25, -0.2) is 4.79 Å². The first-order valence-electron chi connectivity index (χ1n) is 12.7. The van der Waals surface area contributed by atoms with Gasteiger partial charge in [0.25, 0.3) is 0 Å². The van der Waals surface area contributed by atoms with Gasteiger partial charge in [-0.05, 0) is 56.3 Å². The molecule has 5 heteroatoms. The lowest BCUT2D eigenvalue weighted by atomic mass is 9.88. The topological polar surface area (TPSA) is 47.6 Å². The zero-order valence-electron chi connectivity index (χ0n) is 21.9. The lowest BCUT2D eigenvalue weighted by Crippen LogP contribution is -2.39. The Labute approximate surface area is 216 Å². The minimum absolute atomic E-state index is 0.0993. The summed E-state index contributed by atoms with van der Waals surface area (Å²) in [6, 6.07) is 28.9. The lowest BCUT2D eigenvalue weighted by Gasteiger charge is -2.28. The molecular formula is C31H40N4O. The molecule has 0 saturated heterocycles. The molecule has 0 aromatic heterocycles. The number of anilines is 1. The van der Waals surface area contributed by atoms with Crippen LogP contribution in [0.25, 0.3) is 0 Å². The van der Waals surface area contributed by atoms with Gasteiger partial charge in [0.15, 0.2) is 0 Å². The number of aryl methyl sites for hydroxylation is 1. The van der Waals surface area contributed by atoms with Crippen LogP contribution in [-0.2, 0) is 0 Å². The van der Waals surface area contributed by atoms with Crippen molar-refractivity contribution in [2.45, 2.75) is 19.3 Å². The third-order valence-corrected chi connectivity index (χ3v) is 6.33. The van der Waals surface area contributed by atoms with Crippen molar-refractivity contribution >= 4 is 11.7 Å². The molecule has 2 amide bonds. The quantitative estimate of drug-likeness (QED) is 0.303. The zero-order valence-corrected chi connectivity index (χ0v) is 21.9. The number of rotatable bonds is 13. The number of carbonyl (C=O) groups excluding carboxylic acids is 1. The summed E-state index contributed by atoms with van der Waals surface area (Å²) in [5, 5.41) is 6.27. The molecule has 0 spiro atoms. The monoisotopic (exact) mass is 484 g/mol. The summed E-state index contributed by atoms with van der Waals surface area (Å²) in [4.78, 5) is 17.6. The normalized spacial score (nSPS) is 11.0.